The van der Waals surface area contributed by atoms with Crippen LogP contribution in [0.1, 0.15) is 12.8 Å². The zero-order chi connectivity index (χ0) is 6.41. The highest BCUT2D eigenvalue weighted by Gasteiger charge is 1.89. The largest absolute Gasteiger partial charge is 0.313 e. The van der Waals surface area contributed by atoms with E-state index in [-0.39, 0.29) is 5.68 Å². The lowest BCUT2D eigenvalue weighted by Gasteiger charge is -1.91. The maximum atomic E-state index is 10.1. The highest BCUT2D eigenvalue weighted by Crippen LogP contribution is 1.97. The minimum atomic E-state index is -0.195. The Hall–Kier alpha value is 0.0849. The van der Waals surface area contributed by atoms with E-state index in [2.05, 4.69) is 0 Å². The molecule has 0 saturated carbocycles. The topological polar surface area (TPSA) is 17.1 Å². The second-order valence-electron chi connectivity index (χ2n) is 1.56. The van der Waals surface area contributed by atoms with Crippen molar-refractivity contribution in [1.82, 2.24) is 0 Å². The van der Waals surface area contributed by atoms with E-state index in [9.17, 15) is 4.79 Å². The molecule has 0 atom stereocenters. The van der Waals surface area contributed by atoms with E-state index in [1.807, 2.05) is 6.26 Å². The third-order valence-corrected chi connectivity index (χ3v) is 1.47. The molecule has 0 aliphatic rings. The summed E-state index contributed by atoms with van der Waals surface area (Å²) in [6.07, 6.45) is 3.46. The van der Waals surface area contributed by atoms with Crippen molar-refractivity contribution < 1.29 is 4.79 Å². The molecular weight excluding hydrogens is 119 g/mol. The van der Waals surface area contributed by atoms with Crippen molar-refractivity contribution in [3.8, 4) is 0 Å². The molecule has 8 heavy (non-hydrogen) atoms. The first-order valence-electron chi connectivity index (χ1n) is 2.54. The molecule has 0 spiro atoms. The fourth-order valence-corrected chi connectivity index (χ4v) is 0.824. The normalized spacial score (nSPS) is 9.12. The van der Waals surface area contributed by atoms with E-state index < -0.39 is 0 Å². The van der Waals surface area contributed by atoms with E-state index >= 15 is 0 Å². The van der Waals surface area contributed by atoms with Crippen LogP contribution in [0.2, 0.25) is 0 Å². The van der Waals surface area contributed by atoms with Crippen LogP contribution in [0.4, 0.5) is 0 Å². The van der Waals surface area contributed by atoms with Crippen LogP contribution in [0.15, 0.2) is 0 Å². The van der Waals surface area contributed by atoms with Gasteiger partial charge in [-0.15, -0.1) is 0 Å². The molecule has 0 aromatic carbocycles. The molecule has 0 aromatic rings. The maximum absolute atomic E-state index is 10.1. The third-order valence-electron chi connectivity index (χ3n) is 0.772. The Labute approximate surface area is 55.6 Å². The first-order chi connectivity index (χ1) is 3.77. The fraction of sp³-hybridized carbons (Fsp3) is 0.800. The van der Waals surface area contributed by atoms with Crippen LogP contribution in [0.25, 0.3) is 0 Å². The van der Waals surface area contributed by atoms with Crippen LogP contribution >= 0.6 is 11.8 Å². The van der Waals surface area contributed by atoms with Gasteiger partial charge in [-0.2, -0.15) is 11.8 Å². The monoisotopic (exact) mass is 128 g/mol. The van der Waals surface area contributed by atoms with Gasteiger partial charge in [-0.3, -0.25) is 0 Å². The molecule has 0 saturated heterocycles. The second-order valence-corrected chi connectivity index (χ2v) is 2.55. The number of hydrogen-bond donors (Lipinski definition) is 0. The molecule has 0 rings (SSSR count). The Balaban J connectivity index is 2.82. The molecular formula is C5H9BOS. The molecule has 44 valence electrons. The summed E-state index contributed by atoms with van der Waals surface area (Å²) in [6.45, 7) is 0. The fourth-order valence-electron chi connectivity index (χ4n) is 0.391. The standard InChI is InChI=1S/C5H9BOS/c1-8-4-2-3-5(6)7/h2-4H2,1H3. The molecule has 0 N–H and O–H groups in total. The molecule has 3 heteroatoms. The van der Waals surface area contributed by atoms with Crippen molar-refractivity contribution in [3.63, 3.8) is 0 Å². The molecule has 1 nitrogen and oxygen atoms in total. The van der Waals surface area contributed by atoms with E-state index in [4.69, 9.17) is 7.85 Å². The SMILES string of the molecule is [B]C(=O)CCCSC. The molecule has 2 radical (unpaired) electrons. The Morgan fingerprint density at radius 1 is 1.75 bits per heavy atom. The molecule has 0 amide bonds. The smallest absolute Gasteiger partial charge is 0.167 e. The van der Waals surface area contributed by atoms with Gasteiger partial charge in [0.25, 0.3) is 0 Å². The first-order valence-corrected chi connectivity index (χ1v) is 3.94. The van der Waals surface area contributed by atoms with Gasteiger partial charge in [-0.05, 0) is 24.9 Å². The number of thioether (sulfide) groups is 1. The summed E-state index contributed by atoms with van der Waals surface area (Å²) < 4.78 is 0. The summed E-state index contributed by atoms with van der Waals surface area (Å²) >= 11 is 1.74. The van der Waals surface area contributed by atoms with Crippen LogP contribution in [0.3, 0.4) is 0 Å². The summed E-state index contributed by atoms with van der Waals surface area (Å²) in [5, 5.41) is 0. The number of hydrogen-bond acceptors (Lipinski definition) is 2. The van der Waals surface area contributed by atoms with Gasteiger partial charge < -0.3 is 4.79 Å². The predicted molar refractivity (Wildman–Crippen MR) is 38.4 cm³/mol. The van der Waals surface area contributed by atoms with Crippen molar-refractivity contribution in [2.45, 2.75) is 12.8 Å². The summed E-state index contributed by atoms with van der Waals surface area (Å²) in [4.78, 5) is 10.1. The third kappa shape index (κ3) is 6.08. The number of rotatable bonds is 4. The molecule has 0 aliphatic heterocycles. The summed E-state index contributed by atoms with van der Waals surface area (Å²) in [6, 6.07) is 0. The van der Waals surface area contributed by atoms with Crippen molar-refractivity contribution in [2.75, 3.05) is 12.0 Å². The van der Waals surface area contributed by atoms with E-state index in [0.29, 0.717) is 6.42 Å². The average Bonchev–Trinajstić information content (AvgIpc) is 1.66. The second kappa shape index (κ2) is 5.23. The molecule has 0 aliphatic carbocycles. The van der Waals surface area contributed by atoms with Gasteiger partial charge in [-0.25, -0.2) is 0 Å². The molecule has 0 unspecified atom stereocenters. The molecule has 0 heterocycles. The molecule has 0 bridgehead atoms. The summed E-state index contributed by atoms with van der Waals surface area (Å²) in [5.41, 5.74) is -0.195. The predicted octanol–water partition coefficient (Wildman–Crippen LogP) is 0.825. The van der Waals surface area contributed by atoms with Crippen LogP contribution in [-0.4, -0.2) is 25.5 Å². The van der Waals surface area contributed by atoms with Crippen molar-refractivity contribution in [2.24, 2.45) is 0 Å². The van der Waals surface area contributed by atoms with Gasteiger partial charge in [0.15, 0.2) is 7.85 Å². The van der Waals surface area contributed by atoms with Gasteiger partial charge in [-0.1, -0.05) is 0 Å². The lowest BCUT2D eigenvalue weighted by Crippen LogP contribution is -1.95. The maximum Gasteiger partial charge on any atom is 0.167 e. The van der Waals surface area contributed by atoms with E-state index in [1.165, 1.54) is 0 Å². The van der Waals surface area contributed by atoms with Crippen molar-refractivity contribution in [3.05, 3.63) is 0 Å². The average molecular weight is 128 g/mol. The van der Waals surface area contributed by atoms with Crippen LogP contribution in [-0.2, 0) is 4.79 Å². The highest BCUT2D eigenvalue weighted by molar-refractivity contribution is 7.98. The Bertz CT molecular complexity index is 74.8. The number of carbonyl (C=O) groups excluding carboxylic acids is 1. The molecule has 0 aromatic heterocycles. The zero-order valence-electron chi connectivity index (χ0n) is 5.02. The van der Waals surface area contributed by atoms with Gasteiger partial charge in [0.05, 0.1) is 5.68 Å². The van der Waals surface area contributed by atoms with Crippen LogP contribution in [0, 0.1) is 0 Å². The summed E-state index contributed by atoms with van der Waals surface area (Å²) in [5.74, 6) is 1.03. The van der Waals surface area contributed by atoms with E-state index in [1.54, 1.807) is 11.8 Å². The van der Waals surface area contributed by atoms with E-state index in [0.717, 1.165) is 12.2 Å². The van der Waals surface area contributed by atoms with Gasteiger partial charge in [0.1, 0.15) is 0 Å². The molecule has 0 fully saturated rings. The Morgan fingerprint density at radius 3 is 2.75 bits per heavy atom. The van der Waals surface area contributed by atoms with Crippen molar-refractivity contribution >= 4 is 25.3 Å². The summed E-state index contributed by atoms with van der Waals surface area (Å²) in [7, 11) is 4.89. The first kappa shape index (κ1) is 8.08. The van der Waals surface area contributed by atoms with Gasteiger partial charge in [0.2, 0.25) is 0 Å². The van der Waals surface area contributed by atoms with Crippen molar-refractivity contribution in [1.29, 1.82) is 0 Å². The number of carbonyl (C=O) groups is 1. The Morgan fingerprint density at radius 2 is 2.38 bits per heavy atom. The Kier molecular flexibility index (Phi) is 5.28. The lowest BCUT2D eigenvalue weighted by atomic mass is 9.99. The van der Waals surface area contributed by atoms with Gasteiger partial charge >= 0.3 is 0 Å². The lowest BCUT2D eigenvalue weighted by molar-refractivity contribution is -0.111. The minimum Gasteiger partial charge on any atom is -0.313 e. The zero-order valence-corrected chi connectivity index (χ0v) is 5.83. The quantitative estimate of drug-likeness (QED) is 0.412. The van der Waals surface area contributed by atoms with Crippen LogP contribution in [0.5, 0.6) is 0 Å². The minimum absolute atomic E-state index is 0.195. The highest BCUT2D eigenvalue weighted by atomic mass is 32.2. The van der Waals surface area contributed by atoms with Gasteiger partial charge in [0, 0.05) is 0 Å². The van der Waals surface area contributed by atoms with Crippen LogP contribution < -0.4 is 0 Å².